The first-order chi connectivity index (χ1) is 12.6. The Morgan fingerprint density at radius 1 is 1.19 bits per heavy atom. The summed E-state index contributed by atoms with van der Waals surface area (Å²) in [6.07, 6.45) is -0.174. The summed E-state index contributed by atoms with van der Waals surface area (Å²) >= 11 is 0. The van der Waals surface area contributed by atoms with Crippen LogP contribution in [0.15, 0.2) is 29.3 Å². The zero-order valence-electron chi connectivity index (χ0n) is 16.2. The fourth-order valence-corrected chi connectivity index (χ4v) is 2.92. The molecule has 1 heterocycles. The number of nitrogens with zero attached hydrogens (tertiary/aromatic N) is 3. The minimum absolute atomic E-state index is 0.174. The molecule has 1 aliphatic rings. The lowest BCUT2D eigenvalue weighted by molar-refractivity contribution is 0.139. The van der Waals surface area contributed by atoms with Crippen molar-refractivity contribution in [2.75, 3.05) is 59.4 Å². The topological polar surface area (TPSA) is 52.1 Å². The van der Waals surface area contributed by atoms with Gasteiger partial charge in [-0.2, -0.15) is 0 Å². The smallest absolute Gasteiger partial charge is 0.191 e. The lowest BCUT2D eigenvalue weighted by Gasteiger charge is -2.34. The van der Waals surface area contributed by atoms with Gasteiger partial charge in [0, 0.05) is 46.3 Å². The molecule has 0 aliphatic carbocycles. The Bertz CT molecular complexity index is 561. The van der Waals surface area contributed by atoms with Crippen LogP contribution in [0.5, 0.6) is 5.75 Å². The van der Waals surface area contributed by atoms with Crippen molar-refractivity contribution in [1.29, 1.82) is 0 Å². The van der Waals surface area contributed by atoms with Crippen LogP contribution in [0.25, 0.3) is 0 Å². The van der Waals surface area contributed by atoms with Gasteiger partial charge < -0.3 is 20.3 Å². The number of rotatable bonds is 8. The monoisotopic (exact) mass is 365 g/mol. The van der Waals surface area contributed by atoms with Crippen LogP contribution in [0.4, 0.5) is 4.39 Å². The zero-order valence-corrected chi connectivity index (χ0v) is 16.2. The molecule has 1 aromatic carbocycles. The molecular formula is C19H32FN5O. The molecule has 6 nitrogen and oxygen atoms in total. The highest BCUT2D eigenvalue weighted by molar-refractivity contribution is 5.79. The number of halogens is 1. The fraction of sp³-hybridized carbons (Fsp3) is 0.632. The molecule has 2 rings (SSSR count). The third-order valence-corrected chi connectivity index (χ3v) is 4.58. The van der Waals surface area contributed by atoms with Crippen molar-refractivity contribution >= 4 is 5.96 Å². The number of aliphatic imine (C=N–C) groups is 1. The second-order valence-electron chi connectivity index (χ2n) is 6.51. The summed E-state index contributed by atoms with van der Waals surface area (Å²) in [7, 11) is 1.75. The molecule has 0 bridgehead atoms. The number of hydrogen-bond donors (Lipinski definition) is 2. The second kappa shape index (κ2) is 11.0. The number of guanidine groups is 1. The van der Waals surface area contributed by atoms with Gasteiger partial charge in [0.25, 0.3) is 0 Å². The highest BCUT2D eigenvalue weighted by Crippen LogP contribution is 2.16. The van der Waals surface area contributed by atoms with E-state index >= 15 is 0 Å². The van der Waals surface area contributed by atoms with Gasteiger partial charge in [-0.25, -0.2) is 4.39 Å². The molecule has 1 atom stereocenters. The molecule has 2 N–H and O–H groups in total. The molecule has 1 aliphatic heterocycles. The molecule has 1 saturated heterocycles. The molecule has 0 radical (unpaired) electrons. The Hall–Kier alpha value is -1.86. The number of para-hydroxylation sites is 1. The van der Waals surface area contributed by atoms with E-state index in [-0.39, 0.29) is 17.7 Å². The molecular weight excluding hydrogens is 333 g/mol. The van der Waals surface area contributed by atoms with E-state index in [2.05, 4.69) is 32.3 Å². The summed E-state index contributed by atoms with van der Waals surface area (Å²) in [6, 6.07) is 6.45. The van der Waals surface area contributed by atoms with Gasteiger partial charge in [-0.15, -0.1) is 0 Å². The van der Waals surface area contributed by atoms with Crippen LogP contribution >= 0.6 is 0 Å². The third kappa shape index (κ3) is 6.80. The van der Waals surface area contributed by atoms with Gasteiger partial charge in [0.1, 0.15) is 6.10 Å². The van der Waals surface area contributed by atoms with E-state index in [9.17, 15) is 4.39 Å². The lowest BCUT2D eigenvalue weighted by Crippen LogP contribution is -2.49. The summed E-state index contributed by atoms with van der Waals surface area (Å²) in [5.41, 5.74) is 0. The van der Waals surface area contributed by atoms with E-state index in [0.717, 1.165) is 51.8 Å². The third-order valence-electron chi connectivity index (χ3n) is 4.58. The van der Waals surface area contributed by atoms with Crippen LogP contribution in [0.1, 0.15) is 13.8 Å². The van der Waals surface area contributed by atoms with E-state index < -0.39 is 0 Å². The van der Waals surface area contributed by atoms with Crippen molar-refractivity contribution in [2.24, 2.45) is 4.99 Å². The SMILES string of the molecule is CCN1CCN(CCNC(=NC)NCC(C)Oc2ccccc2F)CC1. The quantitative estimate of drug-likeness (QED) is 0.539. The minimum Gasteiger partial charge on any atom is -0.486 e. The normalized spacial score (nSPS) is 17.8. The molecule has 7 heteroatoms. The van der Waals surface area contributed by atoms with Gasteiger partial charge in [-0.05, 0) is 25.6 Å². The Kier molecular flexibility index (Phi) is 8.64. The van der Waals surface area contributed by atoms with Gasteiger partial charge in [-0.3, -0.25) is 9.89 Å². The van der Waals surface area contributed by atoms with E-state index in [4.69, 9.17) is 4.74 Å². The predicted octanol–water partition coefficient (Wildman–Crippen LogP) is 1.40. The van der Waals surface area contributed by atoms with Crippen LogP contribution in [0, 0.1) is 5.82 Å². The maximum Gasteiger partial charge on any atom is 0.191 e. The van der Waals surface area contributed by atoms with Gasteiger partial charge in [-0.1, -0.05) is 19.1 Å². The second-order valence-corrected chi connectivity index (χ2v) is 6.51. The highest BCUT2D eigenvalue weighted by Gasteiger charge is 2.15. The maximum atomic E-state index is 13.6. The van der Waals surface area contributed by atoms with E-state index in [1.54, 1.807) is 25.2 Å². The maximum absolute atomic E-state index is 13.6. The number of ether oxygens (including phenoxy) is 1. The van der Waals surface area contributed by atoms with Gasteiger partial charge in [0.15, 0.2) is 17.5 Å². The van der Waals surface area contributed by atoms with E-state index in [1.165, 1.54) is 6.07 Å². The zero-order chi connectivity index (χ0) is 18.8. The minimum atomic E-state index is -0.343. The first-order valence-corrected chi connectivity index (χ1v) is 9.42. The molecule has 146 valence electrons. The summed E-state index contributed by atoms with van der Waals surface area (Å²) < 4.78 is 19.2. The van der Waals surface area contributed by atoms with Crippen molar-refractivity contribution < 1.29 is 9.13 Å². The molecule has 26 heavy (non-hydrogen) atoms. The van der Waals surface area contributed by atoms with Crippen molar-refractivity contribution in [2.45, 2.75) is 20.0 Å². The summed E-state index contributed by atoms with van der Waals surface area (Å²) in [4.78, 5) is 9.17. The Balaban J connectivity index is 1.64. The number of nitrogens with one attached hydrogen (secondary N) is 2. The molecule has 0 saturated carbocycles. The molecule has 1 unspecified atom stereocenters. The molecule has 1 aromatic rings. The molecule has 0 amide bonds. The molecule has 1 fully saturated rings. The largest absolute Gasteiger partial charge is 0.486 e. The van der Waals surface area contributed by atoms with Crippen LogP contribution < -0.4 is 15.4 Å². The van der Waals surface area contributed by atoms with Crippen LogP contribution in [0.2, 0.25) is 0 Å². The fourth-order valence-electron chi connectivity index (χ4n) is 2.92. The highest BCUT2D eigenvalue weighted by atomic mass is 19.1. The Morgan fingerprint density at radius 2 is 1.88 bits per heavy atom. The molecule has 0 aromatic heterocycles. The summed E-state index contributed by atoms with van der Waals surface area (Å²) in [5, 5.41) is 6.55. The molecule has 0 spiro atoms. The van der Waals surface area contributed by atoms with E-state index in [0.29, 0.717) is 6.54 Å². The van der Waals surface area contributed by atoms with Crippen LogP contribution in [-0.2, 0) is 0 Å². The first-order valence-electron chi connectivity index (χ1n) is 9.42. The number of piperazine rings is 1. The summed E-state index contributed by atoms with van der Waals surface area (Å²) in [6.45, 7) is 12.2. The number of benzene rings is 1. The van der Waals surface area contributed by atoms with Gasteiger partial charge in [0.05, 0.1) is 6.54 Å². The lowest BCUT2D eigenvalue weighted by atomic mass is 10.3. The van der Waals surface area contributed by atoms with Gasteiger partial charge in [0.2, 0.25) is 0 Å². The van der Waals surface area contributed by atoms with Gasteiger partial charge >= 0.3 is 0 Å². The van der Waals surface area contributed by atoms with Crippen LogP contribution in [-0.4, -0.2) is 81.3 Å². The van der Waals surface area contributed by atoms with Crippen molar-refractivity contribution in [3.05, 3.63) is 30.1 Å². The van der Waals surface area contributed by atoms with Crippen molar-refractivity contribution in [3.8, 4) is 5.75 Å². The number of likely N-dealkylation sites (N-methyl/N-ethyl adjacent to an activating group) is 1. The predicted molar refractivity (Wildman–Crippen MR) is 104 cm³/mol. The Labute approximate surface area is 156 Å². The van der Waals surface area contributed by atoms with Crippen molar-refractivity contribution in [3.63, 3.8) is 0 Å². The average Bonchev–Trinajstić information content (AvgIpc) is 2.67. The average molecular weight is 365 g/mol. The Morgan fingerprint density at radius 3 is 2.54 bits per heavy atom. The van der Waals surface area contributed by atoms with Crippen LogP contribution in [0.3, 0.4) is 0 Å². The standard InChI is InChI=1S/C19H32FN5O/c1-4-24-11-13-25(14-12-24)10-9-22-19(21-3)23-15-16(2)26-18-8-6-5-7-17(18)20/h5-8,16H,4,9-15H2,1-3H3,(H2,21,22,23). The number of hydrogen-bond acceptors (Lipinski definition) is 4. The van der Waals surface area contributed by atoms with E-state index in [1.807, 2.05) is 6.92 Å². The summed E-state index contributed by atoms with van der Waals surface area (Å²) in [5.74, 6) is 0.669. The van der Waals surface area contributed by atoms with Crippen molar-refractivity contribution in [1.82, 2.24) is 20.4 Å². The first kappa shape index (κ1) is 20.5.